The predicted octanol–water partition coefficient (Wildman–Crippen LogP) is 14.7. The van der Waals surface area contributed by atoms with Crippen LogP contribution in [-0.4, -0.2) is 0 Å². The van der Waals surface area contributed by atoms with Gasteiger partial charge in [-0.15, -0.1) is 0 Å². The molecule has 0 aliphatic heterocycles. The van der Waals surface area contributed by atoms with E-state index in [9.17, 15) is 0 Å². The molecule has 258 valence electrons. The molecule has 0 fully saturated rings. The van der Waals surface area contributed by atoms with Gasteiger partial charge >= 0.3 is 0 Å². The van der Waals surface area contributed by atoms with E-state index in [4.69, 9.17) is 4.42 Å². The Morgan fingerprint density at radius 3 is 1.29 bits per heavy atom. The van der Waals surface area contributed by atoms with E-state index in [1.807, 2.05) is 0 Å². The first-order valence-corrected chi connectivity index (χ1v) is 19.5. The summed E-state index contributed by atoms with van der Waals surface area (Å²) in [4.78, 5) is 0. The SMILES string of the molecule is c1ccc2c(c1)-c1ccccc1C21c2ccccc2-c2ccc(-c3c4ccccc4c(-c4ccc5c(c4)oc4cc6ccccc6cc45)c4ccccc34)cc21. The summed E-state index contributed by atoms with van der Waals surface area (Å²) < 4.78 is 6.60. The molecule has 0 saturated carbocycles. The van der Waals surface area contributed by atoms with Crippen LogP contribution in [0.5, 0.6) is 0 Å². The lowest BCUT2D eigenvalue weighted by Crippen LogP contribution is -2.25. The highest BCUT2D eigenvalue weighted by atomic mass is 16.3. The number of furan rings is 1. The Labute approximate surface area is 323 Å². The lowest BCUT2D eigenvalue weighted by Gasteiger charge is -2.30. The highest BCUT2D eigenvalue weighted by molar-refractivity contribution is 6.22. The van der Waals surface area contributed by atoms with Gasteiger partial charge in [-0.1, -0.05) is 164 Å². The van der Waals surface area contributed by atoms with Crippen LogP contribution < -0.4 is 0 Å². The average Bonchev–Trinajstić information content (AvgIpc) is 3.87. The van der Waals surface area contributed by atoms with Crippen molar-refractivity contribution in [3.8, 4) is 44.5 Å². The Bertz CT molecular complexity index is 3370. The molecule has 10 aromatic carbocycles. The van der Waals surface area contributed by atoms with Crippen molar-refractivity contribution < 1.29 is 4.42 Å². The third-order valence-corrected chi connectivity index (χ3v) is 12.8. The van der Waals surface area contributed by atoms with Crippen LogP contribution in [0.4, 0.5) is 0 Å². The first kappa shape index (κ1) is 30.1. The minimum absolute atomic E-state index is 0.394. The number of hydrogen-bond acceptors (Lipinski definition) is 1. The zero-order valence-electron chi connectivity index (χ0n) is 30.4. The van der Waals surface area contributed by atoms with Crippen molar-refractivity contribution in [1.29, 1.82) is 0 Å². The largest absolute Gasteiger partial charge is 0.456 e. The fourth-order valence-corrected chi connectivity index (χ4v) is 10.6. The smallest absolute Gasteiger partial charge is 0.136 e. The first-order valence-electron chi connectivity index (χ1n) is 19.5. The molecule has 11 aromatic rings. The second kappa shape index (κ2) is 10.9. The van der Waals surface area contributed by atoms with Crippen molar-refractivity contribution in [2.24, 2.45) is 0 Å². The van der Waals surface area contributed by atoms with Crippen LogP contribution in [0.3, 0.4) is 0 Å². The molecule has 0 saturated heterocycles. The summed E-state index contributed by atoms with van der Waals surface area (Å²) in [6, 6.07) is 72.1. The number of hydrogen-bond donors (Lipinski definition) is 0. The standard InChI is InChI=1S/C55H32O/c1-2-14-34-31-52-46(29-33(34)13-1)41-28-26-36(32-51(41)56-52)54-44-20-5-3-18-42(44)53(43-19-4-6-21-45(43)54)35-25-27-40-39-17-9-12-24-49(39)55(50(40)30-35)47-22-10-7-15-37(47)38-16-8-11-23-48(38)55/h1-32H. The third kappa shape index (κ3) is 3.79. The van der Waals surface area contributed by atoms with Crippen LogP contribution in [0.2, 0.25) is 0 Å². The third-order valence-electron chi connectivity index (χ3n) is 12.8. The van der Waals surface area contributed by atoms with Gasteiger partial charge in [0.15, 0.2) is 0 Å². The summed E-state index contributed by atoms with van der Waals surface area (Å²) in [7, 11) is 0. The Kier molecular flexibility index (Phi) is 5.89. The molecule has 0 atom stereocenters. The van der Waals surface area contributed by atoms with Gasteiger partial charge < -0.3 is 4.42 Å². The number of rotatable bonds is 2. The zero-order chi connectivity index (χ0) is 36.5. The second-order valence-corrected chi connectivity index (χ2v) is 15.5. The van der Waals surface area contributed by atoms with Gasteiger partial charge in [-0.3, -0.25) is 0 Å². The van der Waals surface area contributed by atoms with Crippen molar-refractivity contribution in [2.45, 2.75) is 5.41 Å². The van der Waals surface area contributed by atoms with Crippen LogP contribution in [0.1, 0.15) is 22.3 Å². The fourth-order valence-electron chi connectivity index (χ4n) is 10.6. The molecule has 2 aliphatic rings. The maximum atomic E-state index is 6.60. The van der Waals surface area contributed by atoms with Crippen molar-refractivity contribution in [3.63, 3.8) is 0 Å². The van der Waals surface area contributed by atoms with Gasteiger partial charge in [-0.05, 0) is 129 Å². The molecule has 0 N–H and O–H groups in total. The molecule has 1 aromatic heterocycles. The summed E-state index contributed by atoms with van der Waals surface area (Å²) in [5.41, 5.74) is 17.1. The molecule has 1 spiro atoms. The van der Waals surface area contributed by atoms with Crippen molar-refractivity contribution in [1.82, 2.24) is 0 Å². The minimum atomic E-state index is -0.394. The molecule has 13 rings (SSSR count). The first-order chi connectivity index (χ1) is 27.8. The maximum absolute atomic E-state index is 6.60. The molecule has 1 nitrogen and oxygen atoms in total. The van der Waals surface area contributed by atoms with Crippen LogP contribution in [0.25, 0.3) is 98.8 Å². The normalized spacial score (nSPS) is 13.5. The van der Waals surface area contributed by atoms with E-state index in [1.165, 1.54) is 93.5 Å². The lowest BCUT2D eigenvalue weighted by molar-refractivity contribution is 0.669. The van der Waals surface area contributed by atoms with E-state index in [1.54, 1.807) is 0 Å². The van der Waals surface area contributed by atoms with E-state index in [0.717, 1.165) is 27.5 Å². The van der Waals surface area contributed by atoms with E-state index in [2.05, 4.69) is 194 Å². The molecule has 0 unspecified atom stereocenters. The summed E-state index contributed by atoms with van der Waals surface area (Å²) in [5, 5.41) is 9.66. The highest BCUT2D eigenvalue weighted by Crippen LogP contribution is 2.63. The van der Waals surface area contributed by atoms with Gasteiger partial charge in [0.2, 0.25) is 0 Å². The van der Waals surface area contributed by atoms with Gasteiger partial charge in [0.1, 0.15) is 11.2 Å². The lowest BCUT2D eigenvalue weighted by atomic mass is 9.70. The predicted molar refractivity (Wildman–Crippen MR) is 233 cm³/mol. The molecular formula is C55H32O. The summed E-state index contributed by atoms with van der Waals surface area (Å²) in [5.74, 6) is 0. The molecule has 0 amide bonds. The Balaban J connectivity index is 1.07. The number of fused-ring (bicyclic) bond motifs is 16. The molecule has 2 aliphatic carbocycles. The molecule has 1 heteroatoms. The molecule has 0 radical (unpaired) electrons. The average molecular weight is 709 g/mol. The van der Waals surface area contributed by atoms with Crippen LogP contribution in [-0.2, 0) is 5.41 Å². The topological polar surface area (TPSA) is 13.1 Å². The van der Waals surface area contributed by atoms with Gasteiger partial charge in [-0.2, -0.15) is 0 Å². The summed E-state index contributed by atoms with van der Waals surface area (Å²) in [6.07, 6.45) is 0. The van der Waals surface area contributed by atoms with Crippen molar-refractivity contribution in [2.75, 3.05) is 0 Å². The zero-order valence-corrected chi connectivity index (χ0v) is 30.4. The van der Waals surface area contributed by atoms with Gasteiger partial charge in [0, 0.05) is 10.8 Å². The van der Waals surface area contributed by atoms with Crippen LogP contribution in [0, 0.1) is 0 Å². The maximum Gasteiger partial charge on any atom is 0.136 e. The van der Waals surface area contributed by atoms with Crippen LogP contribution in [0.15, 0.2) is 199 Å². The number of benzene rings is 10. The Hall–Kier alpha value is -7.22. The summed E-state index contributed by atoms with van der Waals surface area (Å²) in [6.45, 7) is 0. The fraction of sp³-hybridized carbons (Fsp3) is 0.0182. The second-order valence-electron chi connectivity index (χ2n) is 15.5. The van der Waals surface area contributed by atoms with Gasteiger partial charge in [-0.25, -0.2) is 0 Å². The molecule has 1 heterocycles. The quantitative estimate of drug-likeness (QED) is 0.163. The van der Waals surface area contributed by atoms with Crippen LogP contribution >= 0.6 is 0 Å². The Morgan fingerprint density at radius 1 is 0.286 bits per heavy atom. The van der Waals surface area contributed by atoms with Gasteiger partial charge in [0.25, 0.3) is 0 Å². The monoisotopic (exact) mass is 708 g/mol. The molecule has 0 bridgehead atoms. The Morgan fingerprint density at radius 2 is 0.714 bits per heavy atom. The van der Waals surface area contributed by atoms with Crippen molar-refractivity contribution >= 4 is 54.3 Å². The van der Waals surface area contributed by atoms with Gasteiger partial charge in [0.05, 0.1) is 5.41 Å². The minimum Gasteiger partial charge on any atom is -0.456 e. The molecule has 56 heavy (non-hydrogen) atoms. The molecular weight excluding hydrogens is 677 g/mol. The van der Waals surface area contributed by atoms with E-state index >= 15 is 0 Å². The highest BCUT2D eigenvalue weighted by Gasteiger charge is 2.51. The van der Waals surface area contributed by atoms with Crippen molar-refractivity contribution in [3.05, 3.63) is 216 Å². The van der Waals surface area contributed by atoms with E-state index in [0.29, 0.717) is 0 Å². The summed E-state index contributed by atoms with van der Waals surface area (Å²) >= 11 is 0. The van der Waals surface area contributed by atoms with E-state index in [-0.39, 0.29) is 0 Å². The van der Waals surface area contributed by atoms with E-state index < -0.39 is 5.41 Å².